The highest BCUT2D eigenvalue weighted by Gasteiger charge is 2.43. The summed E-state index contributed by atoms with van der Waals surface area (Å²) in [5, 5.41) is 0. The first kappa shape index (κ1) is 13.1. The third kappa shape index (κ3) is 3.26. The average molecular weight is 224 g/mol. The molecule has 90 valence electrons. The van der Waals surface area contributed by atoms with Crippen molar-refractivity contribution in [1.29, 1.82) is 0 Å². The largest absolute Gasteiger partial charge is 0.504 e. The molecule has 0 N–H and O–H groups in total. The van der Waals surface area contributed by atoms with Gasteiger partial charge >= 0.3 is 0 Å². The summed E-state index contributed by atoms with van der Waals surface area (Å²) in [6.45, 7) is 6.22. The molecule has 0 unspecified atom stereocenters. The summed E-state index contributed by atoms with van der Waals surface area (Å²) in [6, 6.07) is 0. The van der Waals surface area contributed by atoms with Gasteiger partial charge in [-0.05, 0) is 39.2 Å². The van der Waals surface area contributed by atoms with Gasteiger partial charge in [-0.2, -0.15) is 0 Å². The summed E-state index contributed by atoms with van der Waals surface area (Å²) in [6.07, 6.45) is 8.87. The maximum Gasteiger partial charge on any atom is 0.165 e. The Hall–Kier alpha value is -0.980. The standard InChI is InChI=1S/C13H20O3/c1-6-13(8-7-11(2)9-14-5)10-15-12(3,4)16-13/h1,9H,7-8,10H2,2-5H3/b11-9+/t13-/m0/s1. The fourth-order valence-electron chi connectivity index (χ4n) is 1.75. The van der Waals surface area contributed by atoms with Gasteiger partial charge in [-0.3, -0.25) is 0 Å². The van der Waals surface area contributed by atoms with Gasteiger partial charge in [0.15, 0.2) is 11.4 Å². The van der Waals surface area contributed by atoms with E-state index >= 15 is 0 Å². The summed E-state index contributed by atoms with van der Waals surface area (Å²) in [5.41, 5.74) is 0.553. The Morgan fingerprint density at radius 3 is 2.69 bits per heavy atom. The molecule has 1 aliphatic rings. The van der Waals surface area contributed by atoms with Crippen molar-refractivity contribution >= 4 is 0 Å². The van der Waals surface area contributed by atoms with Crippen molar-refractivity contribution in [3.05, 3.63) is 11.8 Å². The van der Waals surface area contributed by atoms with Crippen LogP contribution in [0.25, 0.3) is 0 Å². The van der Waals surface area contributed by atoms with Gasteiger partial charge in [0.2, 0.25) is 0 Å². The lowest BCUT2D eigenvalue weighted by Crippen LogP contribution is -2.32. The molecule has 0 aromatic heterocycles. The van der Waals surface area contributed by atoms with Gasteiger partial charge in [-0.25, -0.2) is 0 Å². The molecule has 1 fully saturated rings. The zero-order valence-electron chi connectivity index (χ0n) is 10.5. The van der Waals surface area contributed by atoms with Gasteiger partial charge < -0.3 is 14.2 Å². The van der Waals surface area contributed by atoms with Crippen LogP contribution >= 0.6 is 0 Å². The highest BCUT2D eigenvalue weighted by molar-refractivity contribution is 5.13. The zero-order valence-corrected chi connectivity index (χ0v) is 10.5. The van der Waals surface area contributed by atoms with E-state index in [9.17, 15) is 0 Å². The second kappa shape index (κ2) is 4.90. The van der Waals surface area contributed by atoms with Gasteiger partial charge in [0.25, 0.3) is 0 Å². The minimum absolute atomic E-state index is 0.455. The quantitative estimate of drug-likeness (QED) is 0.542. The lowest BCUT2D eigenvalue weighted by Gasteiger charge is -2.24. The minimum atomic E-state index is -0.591. The van der Waals surface area contributed by atoms with Gasteiger partial charge in [-0.1, -0.05) is 5.92 Å². The van der Waals surface area contributed by atoms with Crippen LogP contribution in [-0.2, 0) is 14.2 Å². The van der Waals surface area contributed by atoms with E-state index in [1.807, 2.05) is 20.8 Å². The maximum absolute atomic E-state index is 5.79. The van der Waals surface area contributed by atoms with Crippen LogP contribution in [0.15, 0.2) is 11.8 Å². The molecular formula is C13H20O3. The van der Waals surface area contributed by atoms with Gasteiger partial charge in [0, 0.05) is 0 Å². The minimum Gasteiger partial charge on any atom is -0.504 e. The normalized spacial score (nSPS) is 28.8. The number of ether oxygens (including phenoxy) is 3. The topological polar surface area (TPSA) is 27.7 Å². The number of terminal acetylenes is 1. The molecule has 1 heterocycles. The van der Waals surface area contributed by atoms with Crippen LogP contribution in [0.2, 0.25) is 0 Å². The fraction of sp³-hybridized carbons (Fsp3) is 0.692. The van der Waals surface area contributed by atoms with E-state index in [0.29, 0.717) is 6.61 Å². The van der Waals surface area contributed by atoms with Crippen molar-refractivity contribution in [3.63, 3.8) is 0 Å². The van der Waals surface area contributed by atoms with Crippen LogP contribution in [0.3, 0.4) is 0 Å². The van der Waals surface area contributed by atoms with E-state index in [1.165, 1.54) is 0 Å². The fourth-order valence-corrected chi connectivity index (χ4v) is 1.75. The van der Waals surface area contributed by atoms with E-state index in [2.05, 4.69) is 5.92 Å². The predicted molar refractivity (Wildman–Crippen MR) is 62.7 cm³/mol. The molecule has 0 aromatic rings. The average Bonchev–Trinajstić information content (AvgIpc) is 2.53. The van der Waals surface area contributed by atoms with Crippen molar-refractivity contribution in [2.24, 2.45) is 0 Å². The van der Waals surface area contributed by atoms with Crippen molar-refractivity contribution in [2.45, 2.75) is 45.0 Å². The molecule has 1 atom stereocenters. The van der Waals surface area contributed by atoms with Crippen LogP contribution in [0.5, 0.6) is 0 Å². The Bertz CT molecular complexity index is 312. The van der Waals surface area contributed by atoms with E-state index in [0.717, 1.165) is 18.4 Å². The first-order chi connectivity index (χ1) is 7.43. The molecule has 1 saturated heterocycles. The Kier molecular flexibility index (Phi) is 4.01. The van der Waals surface area contributed by atoms with Crippen LogP contribution in [0.4, 0.5) is 0 Å². The third-order valence-electron chi connectivity index (χ3n) is 2.60. The monoisotopic (exact) mass is 224 g/mol. The van der Waals surface area contributed by atoms with Gasteiger partial charge in [0.05, 0.1) is 20.0 Å². The molecule has 0 spiro atoms. The third-order valence-corrected chi connectivity index (χ3v) is 2.60. The Morgan fingerprint density at radius 1 is 1.56 bits per heavy atom. The molecule has 0 saturated carbocycles. The Labute approximate surface area is 97.8 Å². The molecule has 0 bridgehead atoms. The predicted octanol–water partition coefficient (Wildman–Crippen LogP) is 2.47. The summed E-state index contributed by atoms with van der Waals surface area (Å²) in [5.74, 6) is 2.14. The van der Waals surface area contributed by atoms with Crippen LogP contribution in [0.1, 0.15) is 33.6 Å². The van der Waals surface area contributed by atoms with Crippen molar-refractivity contribution in [2.75, 3.05) is 13.7 Å². The molecule has 1 rings (SSSR count). The molecule has 16 heavy (non-hydrogen) atoms. The molecule has 0 amide bonds. The van der Waals surface area contributed by atoms with E-state index in [4.69, 9.17) is 20.6 Å². The summed E-state index contributed by atoms with van der Waals surface area (Å²) < 4.78 is 16.3. The summed E-state index contributed by atoms with van der Waals surface area (Å²) in [4.78, 5) is 0. The zero-order chi connectivity index (χ0) is 12.2. The number of allylic oxidation sites excluding steroid dienone is 1. The maximum atomic E-state index is 5.79. The van der Waals surface area contributed by atoms with Crippen LogP contribution in [0, 0.1) is 12.3 Å². The number of methoxy groups -OCH3 is 1. The second-order valence-electron chi connectivity index (χ2n) is 4.63. The first-order valence-electron chi connectivity index (χ1n) is 5.43. The molecule has 0 radical (unpaired) electrons. The van der Waals surface area contributed by atoms with Gasteiger partial charge in [0.1, 0.15) is 0 Å². The molecular weight excluding hydrogens is 204 g/mol. The summed E-state index contributed by atoms with van der Waals surface area (Å²) in [7, 11) is 1.64. The van der Waals surface area contributed by atoms with E-state index in [1.54, 1.807) is 13.4 Å². The Balaban J connectivity index is 2.58. The highest BCUT2D eigenvalue weighted by atomic mass is 16.8. The molecule has 3 nitrogen and oxygen atoms in total. The van der Waals surface area contributed by atoms with Crippen molar-refractivity contribution in [3.8, 4) is 12.3 Å². The van der Waals surface area contributed by atoms with E-state index < -0.39 is 11.4 Å². The smallest absolute Gasteiger partial charge is 0.165 e. The second-order valence-corrected chi connectivity index (χ2v) is 4.63. The van der Waals surface area contributed by atoms with Crippen molar-refractivity contribution < 1.29 is 14.2 Å². The van der Waals surface area contributed by atoms with Crippen molar-refractivity contribution in [1.82, 2.24) is 0 Å². The molecule has 1 aliphatic heterocycles. The number of rotatable bonds is 4. The molecule has 0 aromatic carbocycles. The summed E-state index contributed by atoms with van der Waals surface area (Å²) >= 11 is 0. The lowest BCUT2D eigenvalue weighted by atomic mass is 9.97. The molecule has 0 aliphatic carbocycles. The van der Waals surface area contributed by atoms with Crippen LogP contribution < -0.4 is 0 Å². The lowest BCUT2D eigenvalue weighted by molar-refractivity contribution is -0.150. The van der Waals surface area contributed by atoms with Crippen LogP contribution in [-0.4, -0.2) is 25.1 Å². The van der Waals surface area contributed by atoms with Gasteiger partial charge in [-0.15, -0.1) is 6.42 Å². The SMILES string of the molecule is C#C[C@]1(CC/C(C)=C/OC)COC(C)(C)O1. The van der Waals surface area contributed by atoms with E-state index in [-0.39, 0.29) is 0 Å². The highest BCUT2D eigenvalue weighted by Crippen LogP contribution is 2.34. The first-order valence-corrected chi connectivity index (χ1v) is 5.43. The molecule has 3 heteroatoms. The Morgan fingerprint density at radius 2 is 2.25 bits per heavy atom. The number of hydrogen-bond donors (Lipinski definition) is 0. The number of hydrogen-bond acceptors (Lipinski definition) is 3.